The highest BCUT2D eigenvalue weighted by Gasteiger charge is 2.41. The SMILES string of the molecule is O=C(C1CCNCC1)N1CCC(F)(F)C1. The van der Waals surface area contributed by atoms with Gasteiger partial charge in [0, 0.05) is 18.9 Å². The normalized spacial score (nSPS) is 26.9. The summed E-state index contributed by atoms with van der Waals surface area (Å²) in [5.74, 6) is -2.78. The smallest absolute Gasteiger partial charge is 0.267 e. The summed E-state index contributed by atoms with van der Waals surface area (Å²) in [6.07, 6.45) is 1.38. The largest absolute Gasteiger partial charge is 0.336 e. The molecular weight excluding hydrogens is 202 g/mol. The minimum Gasteiger partial charge on any atom is -0.336 e. The molecule has 0 saturated carbocycles. The summed E-state index contributed by atoms with van der Waals surface area (Å²) < 4.78 is 25.8. The zero-order chi connectivity index (χ0) is 10.9. The molecule has 86 valence electrons. The summed E-state index contributed by atoms with van der Waals surface area (Å²) in [6, 6.07) is 0. The number of nitrogens with one attached hydrogen (secondary N) is 1. The Bertz CT molecular complexity index is 252. The van der Waals surface area contributed by atoms with Crippen LogP contribution in [0.3, 0.4) is 0 Å². The zero-order valence-electron chi connectivity index (χ0n) is 8.64. The minimum atomic E-state index is -2.66. The Labute approximate surface area is 87.8 Å². The van der Waals surface area contributed by atoms with Crippen LogP contribution in [0.2, 0.25) is 0 Å². The van der Waals surface area contributed by atoms with Gasteiger partial charge in [0.25, 0.3) is 5.92 Å². The third-order valence-electron chi connectivity index (χ3n) is 3.17. The molecule has 0 spiro atoms. The van der Waals surface area contributed by atoms with Gasteiger partial charge in [-0.2, -0.15) is 0 Å². The van der Waals surface area contributed by atoms with E-state index in [0.29, 0.717) is 0 Å². The molecule has 2 aliphatic rings. The first-order valence-corrected chi connectivity index (χ1v) is 5.46. The van der Waals surface area contributed by atoms with Gasteiger partial charge in [-0.05, 0) is 25.9 Å². The highest BCUT2D eigenvalue weighted by Crippen LogP contribution is 2.28. The van der Waals surface area contributed by atoms with Crippen LogP contribution < -0.4 is 5.32 Å². The minimum absolute atomic E-state index is 0.0415. The number of carbonyl (C=O) groups is 1. The van der Waals surface area contributed by atoms with Gasteiger partial charge in [-0.25, -0.2) is 8.78 Å². The van der Waals surface area contributed by atoms with E-state index in [1.807, 2.05) is 0 Å². The molecule has 2 fully saturated rings. The van der Waals surface area contributed by atoms with Crippen molar-refractivity contribution >= 4 is 5.91 Å². The summed E-state index contributed by atoms with van der Waals surface area (Å²) in [7, 11) is 0. The second-order valence-electron chi connectivity index (χ2n) is 4.39. The average molecular weight is 218 g/mol. The number of piperidine rings is 1. The van der Waals surface area contributed by atoms with Gasteiger partial charge in [-0.3, -0.25) is 4.79 Å². The number of rotatable bonds is 1. The van der Waals surface area contributed by atoms with E-state index >= 15 is 0 Å². The molecule has 2 aliphatic heterocycles. The van der Waals surface area contributed by atoms with Crippen LogP contribution >= 0.6 is 0 Å². The van der Waals surface area contributed by atoms with Crippen molar-refractivity contribution in [1.29, 1.82) is 0 Å². The molecular formula is C10H16F2N2O. The van der Waals surface area contributed by atoms with Crippen LogP contribution in [0, 0.1) is 5.92 Å². The Morgan fingerprint density at radius 1 is 1.33 bits per heavy atom. The molecule has 15 heavy (non-hydrogen) atoms. The summed E-state index contributed by atoms with van der Waals surface area (Å²) >= 11 is 0. The first kappa shape index (κ1) is 10.8. The maximum absolute atomic E-state index is 12.9. The van der Waals surface area contributed by atoms with Crippen LogP contribution in [0.1, 0.15) is 19.3 Å². The number of nitrogens with zero attached hydrogens (tertiary/aromatic N) is 1. The number of hydrogen-bond donors (Lipinski definition) is 1. The molecule has 0 unspecified atom stereocenters. The number of halogens is 2. The van der Waals surface area contributed by atoms with E-state index in [0.717, 1.165) is 25.9 Å². The Balaban J connectivity index is 1.90. The van der Waals surface area contributed by atoms with Crippen molar-refractivity contribution in [2.45, 2.75) is 25.2 Å². The number of likely N-dealkylation sites (tertiary alicyclic amines) is 1. The molecule has 0 bridgehead atoms. The molecule has 0 aliphatic carbocycles. The molecule has 2 saturated heterocycles. The number of alkyl halides is 2. The van der Waals surface area contributed by atoms with Gasteiger partial charge in [0.15, 0.2) is 0 Å². The van der Waals surface area contributed by atoms with Crippen LogP contribution in [0.4, 0.5) is 8.78 Å². The molecule has 0 atom stereocenters. The van der Waals surface area contributed by atoms with E-state index in [2.05, 4.69) is 5.32 Å². The zero-order valence-corrected chi connectivity index (χ0v) is 8.64. The van der Waals surface area contributed by atoms with Gasteiger partial charge in [0.2, 0.25) is 5.91 Å². The van der Waals surface area contributed by atoms with Gasteiger partial charge in [-0.1, -0.05) is 0 Å². The lowest BCUT2D eigenvalue weighted by atomic mass is 9.97. The third-order valence-corrected chi connectivity index (χ3v) is 3.17. The van der Waals surface area contributed by atoms with Gasteiger partial charge in [0.05, 0.1) is 6.54 Å². The lowest BCUT2D eigenvalue weighted by molar-refractivity contribution is -0.136. The van der Waals surface area contributed by atoms with Crippen LogP contribution in [0.25, 0.3) is 0 Å². The van der Waals surface area contributed by atoms with Crippen LogP contribution in [0.15, 0.2) is 0 Å². The van der Waals surface area contributed by atoms with E-state index in [4.69, 9.17) is 0 Å². The van der Waals surface area contributed by atoms with Crippen molar-refractivity contribution in [1.82, 2.24) is 10.2 Å². The van der Waals surface area contributed by atoms with E-state index in [1.54, 1.807) is 0 Å². The van der Waals surface area contributed by atoms with E-state index in [9.17, 15) is 13.6 Å². The second kappa shape index (κ2) is 4.04. The molecule has 3 nitrogen and oxygen atoms in total. The molecule has 2 rings (SSSR count). The highest BCUT2D eigenvalue weighted by molar-refractivity contribution is 5.79. The standard InChI is InChI=1S/C10H16F2N2O/c11-10(12)3-6-14(7-10)9(15)8-1-4-13-5-2-8/h8,13H,1-7H2. The average Bonchev–Trinajstić information content (AvgIpc) is 2.59. The maximum atomic E-state index is 12.9. The van der Waals surface area contributed by atoms with E-state index in [1.165, 1.54) is 4.90 Å². The van der Waals surface area contributed by atoms with E-state index < -0.39 is 5.92 Å². The fraction of sp³-hybridized carbons (Fsp3) is 0.900. The lowest BCUT2D eigenvalue weighted by Crippen LogP contribution is -2.40. The molecule has 0 radical (unpaired) electrons. The first-order chi connectivity index (χ1) is 7.08. The second-order valence-corrected chi connectivity index (χ2v) is 4.39. The molecule has 5 heteroatoms. The fourth-order valence-corrected chi connectivity index (χ4v) is 2.25. The van der Waals surface area contributed by atoms with E-state index in [-0.39, 0.29) is 31.3 Å². The number of hydrogen-bond acceptors (Lipinski definition) is 2. The molecule has 0 aromatic carbocycles. The van der Waals surface area contributed by atoms with Crippen molar-refractivity contribution in [2.24, 2.45) is 5.92 Å². The Morgan fingerprint density at radius 2 is 2.00 bits per heavy atom. The number of amides is 1. The summed E-state index contributed by atoms with van der Waals surface area (Å²) in [6.45, 7) is 1.48. The third kappa shape index (κ3) is 2.45. The maximum Gasteiger partial charge on any atom is 0.267 e. The molecule has 0 aromatic rings. The molecule has 1 amide bonds. The van der Waals surface area contributed by atoms with Gasteiger partial charge in [-0.15, -0.1) is 0 Å². The van der Waals surface area contributed by atoms with Gasteiger partial charge in [0.1, 0.15) is 0 Å². The van der Waals surface area contributed by atoms with Crippen molar-refractivity contribution in [3.63, 3.8) is 0 Å². The van der Waals surface area contributed by atoms with Gasteiger partial charge < -0.3 is 10.2 Å². The lowest BCUT2D eigenvalue weighted by Gasteiger charge is -2.26. The predicted octanol–water partition coefficient (Wildman–Crippen LogP) is 0.854. The summed E-state index contributed by atoms with van der Waals surface area (Å²) in [5, 5.41) is 3.16. The Hall–Kier alpha value is -0.710. The van der Waals surface area contributed by atoms with Crippen LogP contribution in [-0.4, -0.2) is 42.9 Å². The fourth-order valence-electron chi connectivity index (χ4n) is 2.25. The predicted molar refractivity (Wildman–Crippen MR) is 51.7 cm³/mol. The van der Waals surface area contributed by atoms with Crippen LogP contribution in [-0.2, 0) is 4.79 Å². The van der Waals surface area contributed by atoms with Crippen LogP contribution in [0.5, 0.6) is 0 Å². The molecule has 2 heterocycles. The van der Waals surface area contributed by atoms with Crippen molar-refractivity contribution < 1.29 is 13.6 Å². The monoisotopic (exact) mass is 218 g/mol. The van der Waals surface area contributed by atoms with Crippen molar-refractivity contribution in [2.75, 3.05) is 26.2 Å². The summed E-state index contributed by atoms with van der Waals surface area (Å²) in [5.41, 5.74) is 0. The number of carbonyl (C=O) groups excluding carboxylic acids is 1. The summed E-state index contributed by atoms with van der Waals surface area (Å²) in [4.78, 5) is 13.2. The molecule has 0 aromatic heterocycles. The van der Waals surface area contributed by atoms with Crippen molar-refractivity contribution in [3.8, 4) is 0 Å². The van der Waals surface area contributed by atoms with Gasteiger partial charge >= 0.3 is 0 Å². The van der Waals surface area contributed by atoms with Crippen molar-refractivity contribution in [3.05, 3.63) is 0 Å². The quantitative estimate of drug-likeness (QED) is 0.707. The highest BCUT2D eigenvalue weighted by atomic mass is 19.3. The Kier molecular flexibility index (Phi) is 2.91. The Morgan fingerprint density at radius 3 is 2.53 bits per heavy atom. The first-order valence-electron chi connectivity index (χ1n) is 5.46. The molecule has 1 N–H and O–H groups in total. The topological polar surface area (TPSA) is 32.3 Å².